The van der Waals surface area contributed by atoms with Crippen molar-refractivity contribution in [2.24, 2.45) is 5.11 Å². The first kappa shape index (κ1) is 77.0. The Labute approximate surface area is 602 Å². The number of benzene rings is 6. The van der Waals surface area contributed by atoms with E-state index in [0.717, 1.165) is 117 Å². The number of amides is 3. The second kappa shape index (κ2) is 31.2. The number of azide groups is 1. The van der Waals surface area contributed by atoms with Crippen LogP contribution >= 0.6 is 0 Å². The van der Waals surface area contributed by atoms with E-state index in [1.165, 1.54) is 0 Å². The smallest absolute Gasteiger partial charge is 0.237 e. The molecule has 0 unspecified atom stereocenters. The van der Waals surface area contributed by atoms with Gasteiger partial charge in [0.25, 0.3) is 0 Å². The predicted octanol–water partition coefficient (Wildman–Crippen LogP) is 16.0. The fourth-order valence-corrected chi connectivity index (χ4v) is 14.2. The normalized spacial score (nSPS) is 17.1. The number of unbranched alkanes of at least 4 members (excludes halogenated alkanes) is 1. The Bertz CT molecular complexity index is 3820. The Morgan fingerprint density at radius 2 is 0.653 bits per heavy atom. The fourth-order valence-electron chi connectivity index (χ4n) is 14.2. The third-order valence-electron chi connectivity index (χ3n) is 20.0. The molecule has 3 aliphatic rings. The van der Waals surface area contributed by atoms with Gasteiger partial charge in [-0.25, -0.2) is 0 Å². The lowest BCUT2D eigenvalue weighted by Crippen LogP contribution is -2.54. The molecule has 16 heteroatoms. The van der Waals surface area contributed by atoms with Crippen LogP contribution in [0.5, 0.6) is 34.5 Å². The van der Waals surface area contributed by atoms with Crippen LogP contribution in [-0.4, -0.2) is 109 Å². The number of fused-ring (bicyclic) bond motifs is 21. The number of carbonyl (C=O) groups is 3. The summed E-state index contributed by atoms with van der Waals surface area (Å²) in [6.07, 6.45) is 3.80. The van der Waals surface area contributed by atoms with Gasteiger partial charge in [0, 0.05) is 50.0 Å². The molecule has 3 aliphatic heterocycles. The highest BCUT2D eigenvalue weighted by molar-refractivity contribution is 5.86. The highest BCUT2D eigenvalue weighted by Gasteiger charge is 2.34. The summed E-state index contributed by atoms with van der Waals surface area (Å²) in [6, 6.07) is 26.6. The molecule has 0 spiro atoms. The van der Waals surface area contributed by atoms with Crippen LogP contribution in [0.1, 0.15) is 244 Å². The van der Waals surface area contributed by atoms with Gasteiger partial charge >= 0.3 is 0 Å². The van der Waals surface area contributed by atoms with E-state index in [2.05, 4.69) is 223 Å². The average Bonchev–Trinajstić information content (AvgIpc) is 0.770. The fraction of sp³-hybridized carbons (Fsp3) is 0.541. The van der Waals surface area contributed by atoms with E-state index >= 15 is 4.79 Å². The minimum absolute atomic E-state index is 0.0808. The van der Waals surface area contributed by atoms with Crippen molar-refractivity contribution >= 4 is 17.7 Å². The molecule has 9 rings (SSSR count). The van der Waals surface area contributed by atoms with Crippen LogP contribution in [0.2, 0.25) is 0 Å². The van der Waals surface area contributed by atoms with Crippen molar-refractivity contribution in [1.29, 1.82) is 0 Å². The molecular weight excluding hydrogens is 1260 g/mol. The number of nitrogens with one attached hydrogen (secondary N) is 3. The van der Waals surface area contributed by atoms with Crippen LogP contribution in [-0.2, 0) is 85.4 Å². The van der Waals surface area contributed by atoms with Crippen LogP contribution in [0.4, 0.5) is 0 Å². The molecule has 0 saturated carbocycles. The number of ether oxygens (including phenoxy) is 6. The Kier molecular flexibility index (Phi) is 23.8. The SMILES string of the molecule is COc1c2cc(C(C)(C)C)cc1Cc1cc(C(C)(C)C)cc3c1OCCNC(=O)CN1CC(=O)NCCOc4c(cc(C(C)(C)C)cc4Cc4cc(C(C)(C)C)cc(c4OC)Cc4cc(C(C)(C)C)cc(c4OCCNC(=O)[C@@H]1CCCCN=[N+]=[N-])Cc1cc(C(C)(C)C)cc(c1OC)C3)C2. The summed E-state index contributed by atoms with van der Waals surface area (Å²) in [6.45, 7) is 40.8. The van der Waals surface area contributed by atoms with Crippen molar-refractivity contribution in [1.82, 2.24) is 20.9 Å². The number of carbonyl (C=O) groups excluding carboxylic acids is 3. The zero-order chi connectivity index (χ0) is 73.7. The lowest BCUT2D eigenvalue weighted by Gasteiger charge is -2.30. The monoisotopic (exact) mass is 1380 g/mol. The summed E-state index contributed by atoms with van der Waals surface area (Å²) in [5.41, 5.74) is 25.9. The highest BCUT2D eigenvalue weighted by Crippen LogP contribution is 2.46. The van der Waals surface area contributed by atoms with Gasteiger partial charge in [-0.1, -0.05) is 209 Å². The molecule has 3 amide bonds. The van der Waals surface area contributed by atoms with Gasteiger partial charge in [-0.2, -0.15) is 0 Å². The van der Waals surface area contributed by atoms with Crippen LogP contribution < -0.4 is 44.4 Å². The van der Waals surface area contributed by atoms with E-state index in [9.17, 15) is 15.1 Å². The van der Waals surface area contributed by atoms with Crippen LogP contribution in [0.25, 0.3) is 10.4 Å². The van der Waals surface area contributed by atoms with Crippen molar-refractivity contribution < 1.29 is 42.8 Å². The second-order valence-electron chi connectivity index (χ2n) is 34.3. The van der Waals surface area contributed by atoms with E-state index in [0.29, 0.717) is 68.6 Å². The minimum atomic E-state index is -0.956. The van der Waals surface area contributed by atoms with Crippen molar-refractivity contribution in [3.8, 4) is 34.5 Å². The summed E-state index contributed by atoms with van der Waals surface area (Å²) >= 11 is 0. The van der Waals surface area contributed by atoms with Gasteiger partial charge in [0.15, 0.2) is 0 Å². The Hall–Kier alpha value is -8.20. The van der Waals surface area contributed by atoms with E-state index in [4.69, 9.17) is 28.4 Å². The van der Waals surface area contributed by atoms with Crippen LogP contribution in [0.15, 0.2) is 77.9 Å². The van der Waals surface area contributed by atoms with E-state index in [-0.39, 0.29) is 104 Å². The average molecular weight is 1380 g/mol. The molecular formula is C85H115N7O9. The zero-order valence-electron chi connectivity index (χ0n) is 64.7. The van der Waals surface area contributed by atoms with Crippen molar-refractivity contribution in [3.63, 3.8) is 0 Å². The van der Waals surface area contributed by atoms with Gasteiger partial charge in [-0.15, -0.1) is 0 Å². The van der Waals surface area contributed by atoms with Gasteiger partial charge < -0.3 is 44.4 Å². The summed E-state index contributed by atoms with van der Waals surface area (Å²) in [5.74, 6) is 3.20. The molecule has 16 nitrogen and oxygen atoms in total. The van der Waals surface area contributed by atoms with Gasteiger partial charge in [0.05, 0.1) is 60.1 Å². The third-order valence-corrected chi connectivity index (χ3v) is 20.0. The molecule has 0 radical (unpaired) electrons. The molecule has 3 N–H and O–H groups in total. The molecule has 0 saturated heterocycles. The maximum atomic E-state index is 15.2. The maximum absolute atomic E-state index is 15.2. The van der Waals surface area contributed by atoms with Crippen molar-refractivity contribution in [2.45, 2.75) is 221 Å². The molecule has 3 heterocycles. The molecule has 1 atom stereocenters. The molecule has 6 aromatic carbocycles. The van der Waals surface area contributed by atoms with Gasteiger partial charge in [0.2, 0.25) is 17.7 Å². The molecule has 0 aliphatic carbocycles. The van der Waals surface area contributed by atoms with Crippen molar-refractivity contribution in [2.75, 3.05) is 80.4 Å². The number of rotatable bonds is 8. The number of nitrogens with zero attached hydrogens (tertiary/aromatic N) is 4. The van der Waals surface area contributed by atoms with Crippen molar-refractivity contribution in [3.05, 3.63) is 183 Å². The third kappa shape index (κ3) is 18.9. The quantitative estimate of drug-likeness (QED) is 0.0570. The van der Waals surface area contributed by atoms with Gasteiger partial charge in [-0.3, -0.25) is 19.3 Å². The lowest BCUT2D eigenvalue weighted by atomic mass is 9.79. The predicted molar refractivity (Wildman–Crippen MR) is 406 cm³/mol. The number of hydrogen-bond donors (Lipinski definition) is 3. The molecule has 0 aromatic heterocycles. The Morgan fingerprint density at radius 1 is 0.406 bits per heavy atom. The number of hydrogen-bond acceptors (Lipinski definition) is 11. The highest BCUT2D eigenvalue weighted by atomic mass is 16.5. The first-order valence-electron chi connectivity index (χ1n) is 36.4. The standard InChI is InChI=1S/C85H115N7O9/c1-80(2,3)64-38-52-32-58-44-67(83(10,11)12)46-60-34-54-40-65(81(4,5)6)42-56(74(54)97-20)36-62-48-69(85(16,17)18)49-63-37-57-43-66(82(7,8)9)41-55(75(57)98-21)35-61-47-68(84(13,14)15)45-59(33-53(39-64)73(52)96-19)77(61)100-30-27-88-72(94)51-92(50-71(93)87-26-29-99-76(58)60)70(24-22-23-25-90-91-86)79(95)89-28-31-101-78(62)63/h38-49,70H,22-37,50-51H2,1-21H3,(H,87,93)(H,88,94)(H,89,95)/t70-/m0/s1. The number of methoxy groups -OCH3 is 3. The first-order valence-corrected chi connectivity index (χ1v) is 36.4. The Balaban J connectivity index is 1.47. The van der Waals surface area contributed by atoms with Crippen LogP contribution in [0.3, 0.4) is 0 Å². The van der Waals surface area contributed by atoms with Gasteiger partial charge in [-0.05, 0) is 151 Å². The summed E-state index contributed by atoms with van der Waals surface area (Å²) in [5, 5.41) is 13.2. The van der Waals surface area contributed by atoms with Gasteiger partial charge in [0.1, 0.15) is 54.3 Å². The molecule has 0 fully saturated rings. The van der Waals surface area contributed by atoms with Crippen LogP contribution in [0, 0.1) is 0 Å². The van der Waals surface area contributed by atoms with E-state index in [1.807, 2.05) is 0 Å². The Morgan fingerprint density at radius 3 is 0.891 bits per heavy atom. The lowest BCUT2D eigenvalue weighted by molar-refractivity contribution is -0.131. The minimum Gasteiger partial charge on any atom is -0.496 e. The van der Waals surface area contributed by atoms with E-state index in [1.54, 1.807) is 26.2 Å². The summed E-state index contributed by atoms with van der Waals surface area (Å²) in [4.78, 5) is 49.3. The summed E-state index contributed by atoms with van der Waals surface area (Å²) < 4.78 is 42.2. The molecule has 6 aromatic rings. The molecule has 101 heavy (non-hydrogen) atoms. The topological polar surface area (TPSA) is 195 Å². The molecule has 10 bridgehead atoms. The summed E-state index contributed by atoms with van der Waals surface area (Å²) in [7, 11) is 5.31. The zero-order valence-corrected chi connectivity index (χ0v) is 64.7. The molecule has 544 valence electrons. The maximum Gasteiger partial charge on any atom is 0.237 e. The largest absolute Gasteiger partial charge is 0.496 e. The van der Waals surface area contributed by atoms with E-state index < -0.39 is 17.9 Å². The first-order chi connectivity index (χ1) is 47.4. The second-order valence-corrected chi connectivity index (χ2v) is 34.3.